The average Bonchev–Trinajstić information content (AvgIpc) is 2.87. The fraction of sp³-hybridized carbons (Fsp3) is 0.167. The predicted molar refractivity (Wildman–Crippen MR) is 131 cm³/mol. The number of nitriles is 1. The molecule has 0 unspecified atom stereocenters. The average molecular weight is 434 g/mol. The molecule has 0 saturated carbocycles. The highest BCUT2D eigenvalue weighted by atomic mass is 16.5. The summed E-state index contributed by atoms with van der Waals surface area (Å²) in [7, 11) is 0. The minimum absolute atomic E-state index is 0.0664. The van der Waals surface area contributed by atoms with Crippen LogP contribution in [-0.4, -0.2) is 0 Å². The minimum Gasteiger partial charge on any atom is -0.489 e. The van der Waals surface area contributed by atoms with E-state index in [1.165, 1.54) is 11.1 Å². The molecule has 0 radical (unpaired) electrons. The van der Waals surface area contributed by atoms with E-state index >= 15 is 0 Å². The van der Waals surface area contributed by atoms with Crippen LogP contribution in [0.3, 0.4) is 0 Å². The van der Waals surface area contributed by atoms with Crippen molar-refractivity contribution in [2.24, 2.45) is 0 Å². The first-order valence-electron chi connectivity index (χ1n) is 11.0. The van der Waals surface area contributed by atoms with Gasteiger partial charge >= 0.3 is 0 Å². The van der Waals surface area contributed by atoms with Crippen molar-refractivity contribution in [2.75, 3.05) is 0 Å². The molecule has 0 amide bonds. The van der Waals surface area contributed by atoms with E-state index in [0.29, 0.717) is 18.8 Å². The zero-order chi connectivity index (χ0) is 23.1. The third-order valence-corrected chi connectivity index (χ3v) is 5.86. The lowest BCUT2D eigenvalue weighted by Crippen LogP contribution is -2.18. The van der Waals surface area contributed by atoms with E-state index in [1.807, 2.05) is 42.5 Å². The Balaban J connectivity index is 1.35. The van der Waals surface area contributed by atoms with Crippen molar-refractivity contribution in [1.29, 1.82) is 5.26 Å². The first-order valence-corrected chi connectivity index (χ1v) is 11.0. The first kappa shape index (κ1) is 22.2. The largest absolute Gasteiger partial charge is 0.489 e. The third kappa shape index (κ3) is 5.61. The molecule has 3 heteroatoms. The van der Waals surface area contributed by atoms with E-state index in [0.717, 1.165) is 22.6 Å². The maximum atomic E-state index is 8.89. The summed E-state index contributed by atoms with van der Waals surface area (Å²) >= 11 is 0. The second-order valence-corrected chi connectivity index (χ2v) is 8.55. The van der Waals surface area contributed by atoms with Crippen LogP contribution in [0.2, 0.25) is 0 Å². The van der Waals surface area contributed by atoms with Gasteiger partial charge in [-0.1, -0.05) is 74.5 Å². The highest BCUT2D eigenvalue weighted by Gasteiger charge is 2.22. The molecular formula is C30H27NO2. The zero-order valence-electron chi connectivity index (χ0n) is 19.0. The summed E-state index contributed by atoms with van der Waals surface area (Å²) in [6.07, 6.45) is 0. The maximum Gasteiger partial charge on any atom is 0.119 e. The third-order valence-electron chi connectivity index (χ3n) is 5.86. The van der Waals surface area contributed by atoms with Crippen LogP contribution in [0, 0.1) is 11.3 Å². The van der Waals surface area contributed by atoms with Crippen LogP contribution in [-0.2, 0) is 18.6 Å². The number of ether oxygens (including phenoxy) is 2. The molecule has 0 aliphatic rings. The number of hydrogen-bond acceptors (Lipinski definition) is 3. The topological polar surface area (TPSA) is 42.2 Å². The van der Waals surface area contributed by atoms with Gasteiger partial charge in [-0.15, -0.1) is 0 Å². The van der Waals surface area contributed by atoms with E-state index < -0.39 is 0 Å². The van der Waals surface area contributed by atoms with Gasteiger partial charge in [-0.2, -0.15) is 5.26 Å². The Kier molecular flexibility index (Phi) is 6.76. The lowest BCUT2D eigenvalue weighted by Gasteiger charge is -2.26. The van der Waals surface area contributed by atoms with E-state index in [4.69, 9.17) is 14.7 Å². The quantitative estimate of drug-likeness (QED) is 0.299. The molecule has 0 N–H and O–H groups in total. The van der Waals surface area contributed by atoms with Gasteiger partial charge in [0.15, 0.2) is 0 Å². The van der Waals surface area contributed by atoms with Crippen LogP contribution < -0.4 is 9.47 Å². The van der Waals surface area contributed by atoms with Crippen LogP contribution in [0.15, 0.2) is 103 Å². The fourth-order valence-corrected chi connectivity index (χ4v) is 3.76. The van der Waals surface area contributed by atoms with Crippen molar-refractivity contribution in [3.8, 4) is 17.6 Å². The molecule has 0 fully saturated rings. The second-order valence-electron chi connectivity index (χ2n) is 8.55. The molecule has 4 aromatic rings. The molecule has 0 aliphatic carbocycles. The predicted octanol–water partition coefficient (Wildman–Crippen LogP) is 7.04. The van der Waals surface area contributed by atoms with Gasteiger partial charge in [0.2, 0.25) is 0 Å². The highest BCUT2D eigenvalue weighted by Crippen LogP contribution is 2.32. The summed E-state index contributed by atoms with van der Waals surface area (Å²) in [6, 6.07) is 36.4. The van der Waals surface area contributed by atoms with Crippen molar-refractivity contribution in [1.82, 2.24) is 0 Å². The van der Waals surface area contributed by atoms with Gasteiger partial charge in [-0.25, -0.2) is 0 Å². The lowest BCUT2D eigenvalue weighted by molar-refractivity contribution is 0.300. The summed E-state index contributed by atoms with van der Waals surface area (Å²) < 4.78 is 11.9. The molecule has 33 heavy (non-hydrogen) atoms. The number of benzene rings is 4. The lowest BCUT2D eigenvalue weighted by atomic mass is 9.78. The minimum atomic E-state index is -0.0664. The van der Waals surface area contributed by atoms with Crippen molar-refractivity contribution in [2.45, 2.75) is 32.5 Å². The number of hydrogen-bond donors (Lipinski definition) is 0. The Morgan fingerprint density at radius 2 is 1.15 bits per heavy atom. The molecule has 0 aromatic heterocycles. The number of nitrogens with zero attached hydrogens (tertiary/aromatic N) is 1. The van der Waals surface area contributed by atoms with Gasteiger partial charge < -0.3 is 9.47 Å². The Morgan fingerprint density at radius 1 is 0.636 bits per heavy atom. The molecule has 0 atom stereocenters. The monoisotopic (exact) mass is 433 g/mol. The fourth-order valence-electron chi connectivity index (χ4n) is 3.76. The Bertz CT molecular complexity index is 1220. The van der Waals surface area contributed by atoms with Gasteiger partial charge in [-0.05, 0) is 64.7 Å². The number of rotatable bonds is 8. The molecule has 0 heterocycles. The SMILES string of the molecule is CC(C)(c1ccccc1)c1ccc(OCc2cccc(COc3ccc(C#N)cc3)c2)cc1. The Labute approximate surface area is 195 Å². The van der Waals surface area contributed by atoms with Crippen LogP contribution in [0.25, 0.3) is 0 Å². The van der Waals surface area contributed by atoms with Gasteiger partial charge in [-0.3, -0.25) is 0 Å². The van der Waals surface area contributed by atoms with Crippen LogP contribution >= 0.6 is 0 Å². The summed E-state index contributed by atoms with van der Waals surface area (Å²) in [4.78, 5) is 0. The molecule has 0 bridgehead atoms. The molecule has 4 rings (SSSR count). The molecule has 4 aromatic carbocycles. The van der Waals surface area contributed by atoms with Gasteiger partial charge in [0.1, 0.15) is 24.7 Å². The Morgan fingerprint density at radius 3 is 1.70 bits per heavy atom. The molecule has 0 saturated heterocycles. The molecule has 3 nitrogen and oxygen atoms in total. The van der Waals surface area contributed by atoms with Crippen LogP contribution in [0.1, 0.15) is 41.7 Å². The Hall–Kier alpha value is -4.03. The van der Waals surface area contributed by atoms with Crippen molar-refractivity contribution in [3.05, 3.63) is 131 Å². The first-order chi connectivity index (χ1) is 16.0. The molecule has 164 valence electrons. The smallest absolute Gasteiger partial charge is 0.119 e. The zero-order valence-corrected chi connectivity index (χ0v) is 19.0. The second kappa shape index (κ2) is 10.1. The maximum absolute atomic E-state index is 8.89. The van der Waals surface area contributed by atoms with E-state index in [9.17, 15) is 0 Å². The van der Waals surface area contributed by atoms with Crippen molar-refractivity contribution < 1.29 is 9.47 Å². The normalized spacial score (nSPS) is 10.9. The van der Waals surface area contributed by atoms with Crippen molar-refractivity contribution >= 4 is 0 Å². The van der Waals surface area contributed by atoms with E-state index in [-0.39, 0.29) is 5.41 Å². The molecule has 0 spiro atoms. The van der Waals surface area contributed by atoms with Crippen LogP contribution in [0.4, 0.5) is 0 Å². The van der Waals surface area contributed by atoms with E-state index in [2.05, 4.69) is 68.4 Å². The summed E-state index contributed by atoms with van der Waals surface area (Å²) in [6.45, 7) is 5.43. The van der Waals surface area contributed by atoms with Gasteiger partial charge in [0.25, 0.3) is 0 Å². The molecular weight excluding hydrogens is 406 g/mol. The summed E-state index contributed by atoms with van der Waals surface area (Å²) in [5, 5.41) is 8.89. The highest BCUT2D eigenvalue weighted by molar-refractivity contribution is 5.40. The van der Waals surface area contributed by atoms with Gasteiger partial charge in [0.05, 0.1) is 11.6 Å². The molecule has 0 aliphatic heterocycles. The standard InChI is InChI=1S/C30H27NO2/c1-30(2,26-9-4-3-5-10-26)27-13-17-29(18-14-27)33-22-25-8-6-7-24(19-25)21-32-28-15-11-23(20-31)12-16-28/h3-19H,21-22H2,1-2H3. The van der Waals surface area contributed by atoms with Crippen molar-refractivity contribution in [3.63, 3.8) is 0 Å². The summed E-state index contributed by atoms with van der Waals surface area (Å²) in [5.74, 6) is 1.59. The summed E-state index contributed by atoms with van der Waals surface area (Å²) in [5.41, 5.74) is 5.26. The van der Waals surface area contributed by atoms with Gasteiger partial charge in [0, 0.05) is 5.41 Å². The van der Waals surface area contributed by atoms with Crippen LogP contribution in [0.5, 0.6) is 11.5 Å². The van der Waals surface area contributed by atoms with E-state index in [1.54, 1.807) is 12.1 Å².